The fourth-order valence-electron chi connectivity index (χ4n) is 2.19. The Morgan fingerprint density at radius 2 is 2.17 bits per heavy atom. The highest BCUT2D eigenvalue weighted by molar-refractivity contribution is 8.00. The lowest BCUT2D eigenvalue weighted by Crippen LogP contribution is -2.41. The number of nitrogens with one attached hydrogen (secondary N) is 1. The third-order valence-electron chi connectivity index (χ3n) is 3.38. The van der Waals surface area contributed by atoms with Crippen LogP contribution in [0.2, 0.25) is 0 Å². The molecule has 1 rings (SSSR count). The minimum absolute atomic E-state index is 0.846. The molecule has 0 bridgehead atoms. The summed E-state index contributed by atoms with van der Waals surface area (Å²) in [7, 11) is 0. The van der Waals surface area contributed by atoms with Crippen molar-refractivity contribution in [2.45, 2.75) is 38.4 Å². The van der Waals surface area contributed by atoms with E-state index in [0.717, 1.165) is 31.6 Å². The van der Waals surface area contributed by atoms with Crippen LogP contribution in [0.25, 0.3) is 0 Å². The molecule has 108 valence electrons. The van der Waals surface area contributed by atoms with Gasteiger partial charge in [-0.1, -0.05) is 6.92 Å². The van der Waals surface area contributed by atoms with E-state index in [1.807, 2.05) is 0 Å². The Morgan fingerprint density at radius 1 is 1.28 bits per heavy atom. The van der Waals surface area contributed by atoms with Gasteiger partial charge in [-0.3, -0.25) is 0 Å². The van der Waals surface area contributed by atoms with Gasteiger partial charge >= 0.3 is 0 Å². The Kier molecular flexibility index (Phi) is 10.0. The third-order valence-corrected chi connectivity index (χ3v) is 4.75. The molecule has 1 fully saturated rings. The van der Waals surface area contributed by atoms with Crippen LogP contribution in [-0.4, -0.2) is 61.8 Å². The quantitative estimate of drug-likeness (QED) is 0.617. The van der Waals surface area contributed by atoms with E-state index in [2.05, 4.69) is 35.8 Å². The van der Waals surface area contributed by atoms with Crippen LogP contribution in [0.5, 0.6) is 0 Å². The minimum atomic E-state index is 0.846. The maximum atomic E-state index is 5.32. The van der Waals surface area contributed by atoms with Crippen LogP contribution in [0.4, 0.5) is 0 Å². The molecule has 0 aromatic rings. The normalized spacial score (nSPS) is 21.3. The standard InChI is InChI=1S/C14H30N2OS/c1-3-14-13-16(10-12-18-14)9-8-15-7-5-6-11-17-4-2/h14-15H,3-13H2,1-2H3. The van der Waals surface area contributed by atoms with E-state index < -0.39 is 0 Å². The summed E-state index contributed by atoms with van der Waals surface area (Å²) < 4.78 is 5.32. The zero-order valence-electron chi connectivity index (χ0n) is 12.1. The molecule has 1 atom stereocenters. The van der Waals surface area contributed by atoms with Gasteiger partial charge in [0, 0.05) is 50.4 Å². The number of thioether (sulfide) groups is 1. The molecule has 1 N–H and O–H groups in total. The lowest BCUT2D eigenvalue weighted by atomic mass is 10.3. The molecule has 0 spiro atoms. The summed E-state index contributed by atoms with van der Waals surface area (Å²) in [6.45, 7) is 12.2. The van der Waals surface area contributed by atoms with Crippen molar-refractivity contribution in [3.05, 3.63) is 0 Å². The fourth-order valence-corrected chi connectivity index (χ4v) is 3.44. The molecular weight excluding hydrogens is 244 g/mol. The third kappa shape index (κ3) is 7.62. The lowest BCUT2D eigenvalue weighted by molar-refractivity contribution is 0.143. The van der Waals surface area contributed by atoms with Gasteiger partial charge in [-0.05, 0) is 32.7 Å². The molecule has 1 unspecified atom stereocenters. The van der Waals surface area contributed by atoms with Gasteiger partial charge in [0.25, 0.3) is 0 Å². The maximum absolute atomic E-state index is 5.32. The van der Waals surface area contributed by atoms with E-state index in [4.69, 9.17) is 4.74 Å². The largest absolute Gasteiger partial charge is 0.382 e. The number of unbranched alkanes of at least 4 members (excludes halogenated alkanes) is 1. The van der Waals surface area contributed by atoms with Crippen LogP contribution in [0.15, 0.2) is 0 Å². The molecule has 0 aromatic carbocycles. The van der Waals surface area contributed by atoms with Gasteiger partial charge in [-0.25, -0.2) is 0 Å². The van der Waals surface area contributed by atoms with Gasteiger partial charge < -0.3 is 15.0 Å². The molecule has 1 aliphatic rings. The van der Waals surface area contributed by atoms with E-state index in [1.54, 1.807) is 0 Å². The van der Waals surface area contributed by atoms with E-state index >= 15 is 0 Å². The van der Waals surface area contributed by atoms with Gasteiger partial charge in [0.2, 0.25) is 0 Å². The molecule has 0 amide bonds. The predicted molar refractivity (Wildman–Crippen MR) is 81.6 cm³/mol. The topological polar surface area (TPSA) is 24.5 Å². The molecule has 1 saturated heterocycles. The zero-order chi connectivity index (χ0) is 13.1. The van der Waals surface area contributed by atoms with Crippen LogP contribution < -0.4 is 5.32 Å². The first-order valence-electron chi connectivity index (χ1n) is 7.49. The molecule has 0 radical (unpaired) electrons. The van der Waals surface area contributed by atoms with Crippen molar-refractivity contribution >= 4 is 11.8 Å². The van der Waals surface area contributed by atoms with Crippen molar-refractivity contribution in [2.75, 3.05) is 51.7 Å². The summed E-state index contributed by atoms with van der Waals surface area (Å²) >= 11 is 2.15. The lowest BCUT2D eigenvalue weighted by Gasteiger charge is -2.31. The first-order valence-corrected chi connectivity index (χ1v) is 8.54. The summed E-state index contributed by atoms with van der Waals surface area (Å²) in [5, 5.41) is 4.40. The Balaban J connectivity index is 1.88. The van der Waals surface area contributed by atoms with E-state index in [0.29, 0.717) is 0 Å². The monoisotopic (exact) mass is 274 g/mol. The second-order valence-corrected chi connectivity index (χ2v) is 6.26. The Bertz CT molecular complexity index is 193. The van der Waals surface area contributed by atoms with Gasteiger partial charge in [0.15, 0.2) is 0 Å². The van der Waals surface area contributed by atoms with Crippen LogP contribution in [0.1, 0.15) is 33.1 Å². The maximum Gasteiger partial charge on any atom is 0.0466 e. The number of nitrogens with zero attached hydrogens (tertiary/aromatic N) is 1. The van der Waals surface area contributed by atoms with Crippen molar-refractivity contribution in [1.29, 1.82) is 0 Å². The SMILES string of the molecule is CCOCCCCNCCN1CCSC(CC)C1. The van der Waals surface area contributed by atoms with Crippen molar-refractivity contribution in [2.24, 2.45) is 0 Å². The minimum Gasteiger partial charge on any atom is -0.382 e. The van der Waals surface area contributed by atoms with Crippen molar-refractivity contribution in [3.8, 4) is 0 Å². The average Bonchev–Trinajstić information content (AvgIpc) is 2.42. The van der Waals surface area contributed by atoms with Gasteiger partial charge in [-0.15, -0.1) is 0 Å². The summed E-state index contributed by atoms with van der Waals surface area (Å²) in [6, 6.07) is 0. The number of hydrogen-bond donors (Lipinski definition) is 1. The van der Waals surface area contributed by atoms with Crippen LogP contribution in [-0.2, 0) is 4.74 Å². The molecule has 0 saturated carbocycles. The predicted octanol–water partition coefficient (Wildman–Crippen LogP) is 2.22. The summed E-state index contributed by atoms with van der Waals surface area (Å²) in [5.41, 5.74) is 0. The molecule has 0 aliphatic carbocycles. The zero-order valence-corrected chi connectivity index (χ0v) is 12.9. The average molecular weight is 274 g/mol. The molecule has 1 aliphatic heterocycles. The smallest absolute Gasteiger partial charge is 0.0466 e. The van der Waals surface area contributed by atoms with Crippen molar-refractivity contribution < 1.29 is 4.74 Å². The van der Waals surface area contributed by atoms with Crippen LogP contribution >= 0.6 is 11.8 Å². The second kappa shape index (κ2) is 11.1. The van der Waals surface area contributed by atoms with Crippen molar-refractivity contribution in [3.63, 3.8) is 0 Å². The van der Waals surface area contributed by atoms with E-state index in [-0.39, 0.29) is 0 Å². The number of rotatable bonds is 10. The molecule has 4 heteroatoms. The van der Waals surface area contributed by atoms with Crippen LogP contribution in [0, 0.1) is 0 Å². The highest BCUT2D eigenvalue weighted by atomic mass is 32.2. The molecular formula is C14H30N2OS. The summed E-state index contributed by atoms with van der Waals surface area (Å²) in [6.07, 6.45) is 3.72. The highest BCUT2D eigenvalue weighted by Gasteiger charge is 2.17. The number of ether oxygens (including phenoxy) is 1. The highest BCUT2D eigenvalue weighted by Crippen LogP contribution is 2.20. The van der Waals surface area contributed by atoms with Gasteiger partial charge in [0.1, 0.15) is 0 Å². The summed E-state index contributed by atoms with van der Waals surface area (Å²) in [4.78, 5) is 2.61. The number of hydrogen-bond acceptors (Lipinski definition) is 4. The van der Waals surface area contributed by atoms with E-state index in [1.165, 1.54) is 44.6 Å². The first-order chi connectivity index (χ1) is 8.86. The van der Waals surface area contributed by atoms with Crippen LogP contribution in [0.3, 0.4) is 0 Å². The first kappa shape index (κ1) is 16.3. The second-order valence-electron chi connectivity index (χ2n) is 4.86. The van der Waals surface area contributed by atoms with Crippen molar-refractivity contribution in [1.82, 2.24) is 10.2 Å². The molecule has 18 heavy (non-hydrogen) atoms. The fraction of sp³-hybridized carbons (Fsp3) is 1.00. The molecule has 0 aromatic heterocycles. The summed E-state index contributed by atoms with van der Waals surface area (Å²) in [5.74, 6) is 1.31. The van der Waals surface area contributed by atoms with E-state index in [9.17, 15) is 0 Å². The Morgan fingerprint density at radius 3 is 2.94 bits per heavy atom. The molecule has 1 heterocycles. The van der Waals surface area contributed by atoms with Gasteiger partial charge in [-0.2, -0.15) is 11.8 Å². The Hall–Kier alpha value is 0.230. The Labute approximate surface area is 117 Å². The van der Waals surface area contributed by atoms with Gasteiger partial charge in [0.05, 0.1) is 0 Å². The molecule has 3 nitrogen and oxygen atoms in total.